The fourth-order valence-corrected chi connectivity index (χ4v) is 1.62. The molecule has 0 aliphatic heterocycles. The fraction of sp³-hybridized carbons (Fsp3) is 0.200. The van der Waals surface area contributed by atoms with Crippen molar-refractivity contribution >= 4 is 11.6 Å². The summed E-state index contributed by atoms with van der Waals surface area (Å²) in [6, 6.07) is 10.8. The van der Waals surface area contributed by atoms with Gasteiger partial charge in [0.25, 0.3) is 5.91 Å². The highest BCUT2D eigenvalue weighted by molar-refractivity contribution is 5.93. The third-order valence-corrected chi connectivity index (χ3v) is 2.76. The maximum atomic E-state index is 11.7. The SMILES string of the molecule is CN(C)C(=O)c1ccc(OCc2ccc(N)cc2)nc1. The second-order valence-corrected chi connectivity index (χ2v) is 4.61. The van der Waals surface area contributed by atoms with Crippen molar-refractivity contribution < 1.29 is 9.53 Å². The number of carbonyl (C=O) groups is 1. The van der Waals surface area contributed by atoms with Crippen LogP contribution in [0.3, 0.4) is 0 Å². The van der Waals surface area contributed by atoms with Crippen LogP contribution in [0.4, 0.5) is 5.69 Å². The molecule has 1 aromatic carbocycles. The quantitative estimate of drug-likeness (QED) is 0.863. The molecule has 2 rings (SSSR count). The summed E-state index contributed by atoms with van der Waals surface area (Å²) in [6.07, 6.45) is 1.51. The Labute approximate surface area is 118 Å². The van der Waals surface area contributed by atoms with E-state index in [-0.39, 0.29) is 5.91 Å². The molecular weight excluding hydrogens is 254 g/mol. The molecule has 0 unspecified atom stereocenters. The molecule has 20 heavy (non-hydrogen) atoms. The van der Waals surface area contributed by atoms with Crippen LogP contribution in [-0.2, 0) is 6.61 Å². The predicted molar refractivity (Wildman–Crippen MR) is 77.4 cm³/mol. The summed E-state index contributed by atoms with van der Waals surface area (Å²) in [4.78, 5) is 17.3. The molecule has 1 amide bonds. The van der Waals surface area contributed by atoms with Gasteiger partial charge in [0.2, 0.25) is 5.88 Å². The molecule has 0 spiro atoms. The molecule has 0 saturated heterocycles. The first-order valence-corrected chi connectivity index (χ1v) is 6.21. The van der Waals surface area contributed by atoms with E-state index >= 15 is 0 Å². The number of amides is 1. The van der Waals surface area contributed by atoms with Crippen LogP contribution in [0.5, 0.6) is 5.88 Å². The van der Waals surface area contributed by atoms with Crippen molar-refractivity contribution in [2.45, 2.75) is 6.61 Å². The van der Waals surface area contributed by atoms with Crippen molar-refractivity contribution in [3.05, 3.63) is 53.7 Å². The number of ether oxygens (including phenoxy) is 1. The molecular formula is C15H17N3O2. The van der Waals surface area contributed by atoms with Crippen molar-refractivity contribution in [1.82, 2.24) is 9.88 Å². The molecule has 1 heterocycles. The lowest BCUT2D eigenvalue weighted by molar-refractivity contribution is 0.0827. The Kier molecular flexibility index (Phi) is 4.20. The Balaban J connectivity index is 1.97. The zero-order valence-electron chi connectivity index (χ0n) is 11.5. The summed E-state index contributed by atoms with van der Waals surface area (Å²) < 4.78 is 5.55. The van der Waals surface area contributed by atoms with E-state index in [9.17, 15) is 4.79 Å². The maximum Gasteiger partial charge on any atom is 0.254 e. The predicted octanol–water partition coefficient (Wildman–Crippen LogP) is 1.94. The van der Waals surface area contributed by atoms with Gasteiger partial charge in [-0.15, -0.1) is 0 Å². The summed E-state index contributed by atoms with van der Waals surface area (Å²) >= 11 is 0. The van der Waals surface area contributed by atoms with E-state index in [2.05, 4.69) is 4.98 Å². The molecule has 1 aromatic heterocycles. The summed E-state index contributed by atoms with van der Waals surface area (Å²) in [6.45, 7) is 0.411. The van der Waals surface area contributed by atoms with Gasteiger partial charge in [-0.05, 0) is 23.8 Å². The van der Waals surface area contributed by atoms with Crippen LogP contribution in [0.1, 0.15) is 15.9 Å². The minimum Gasteiger partial charge on any atom is -0.473 e. The molecule has 2 N–H and O–H groups in total. The second-order valence-electron chi connectivity index (χ2n) is 4.61. The van der Waals surface area contributed by atoms with E-state index in [1.807, 2.05) is 24.3 Å². The number of benzene rings is 1. The van der Waals surface area contributed by atoms with Crippen LogP contribution < -0.4 is 10.5 Å². The number of rotatable bonds is 4. The number of anilines is 1. The van der Waals surface area contributed by atoms with Gasteiger partial charge in [-0.3, -0.25) is 4.79 Å². The fourth-order valence-electron chi connectivity index (χ4n) is 1.62. The molecule has 5 nitrogen and oxygen atoms in total. The summed E-state index contributed by atoms with van der Waals surface area (Å²) in [7, 11) is 3.40. The van der Waals surface area contributed by atoms with Gasteiger partial charge in [-0.2, -0.15) is 0 Å². The van der Waals surface area contributed by atoms with E-state index < -0.39 is 0 Å². The maximum absolute atomic E-state index is 11.7. The van der Waals surface area contributed by atoms with Crippen molar-refractivity contribution in [2.75, 3.05) is 19.8 Å². The molecule has 2 aromatic rings. The summed E-state index contributed by atoms with van der Waals surface area (Å²) in [5.74, 6) is 0.403. The number of carbonyl (C=O) groups excluding carboxylic acids is 1. The van der Waals surface area contributed by atoms with Crippen LogP contribution in [0.15, 0.2) is 42.6 Å². The van der Waals surface area contributed by atoms with E-state index in [1.165, 1.54) is 11.1 Å². The Morgan fingerprint density at radius 2 is 1.90 bits per heavy atom. The molecule has 0 radical (unpaired) electrons. The van der Waals surface area contributed by atoms with Gasteiger partial charge in [-0.25, -0.2) is 4.98 Å². The standard InChI is InChI=1S/C15H17N3O2/c1-18(2)15(19)12-5-8-14(17-9-12)20-10-11-3-6-13(16)7-4-11/h3-9H,10,16H2,1-2H3. The van der Waals surface area contributed by atoms with Gasteiger partial charge in [0.05, 0.1) is 5.56 Å². The van der Waals surface area contributed by atoms with Gasteiger partial charge in [0.15, 0.2) is 0 Å². The van der Waals surface area contributed by atoms with Gasteiger partial charge in [0.1, 0.15) is 6.61 Å². The third kappa shape index (κ3) is 3.47. The number of nitrogen functional groups attached to an aromatic ring is 1. The zero-order chi connectivity index (χ0) is 14.5. The Hall–Kier alpha value is -2.56. The minimum atomic E-state index is -0.0809. The molecule has 104 valence electrons. The molecule has 0 aliphatic rings. The van der Waals surface area contributed by atoms with Crippen molar-refractivity contribution in [2.24, 2.45) is 0 Å². The first-order chi connectivity index (χ1) is 9.56. The van der Waals surface area contributed by atoms with Crippen LogP contribution >= 0.6 is 0 Å². The largest absolute Gasteiger partial charge is 0.473 e. The van der Waals surface area contributed by atoms with Gasteiger partial charge >= 0.3 is 0 Å². The van der Waals surface area contributed by atoms with Gasteiger partial charge in [0, 0.05) is 32.0 Å². The Bertz CT molecular complexity index is 577. The lowest BCUT2D eigenvalue weighted by Crippen LogP contribution is -2.21. The first-order valence-electron chi connectivity index (χ1n) is 6.21. The van der Waals surface area contributed by atoms with Gasteiger partial charge < -0.3 is 15.4 Å². The third-order valence-electron chi connectivity index (χ3n) is 2.76. The van der Waals surface area contributed by atoms with Crippen LogP contribution in [0.2, 0.25) is 0 Å². The van der Waals surface area contributed by atoms with Crippen molar-refractivity contribution in [3.63, 3.8) is 0 Å². The molecule has 0 atom stereocenters. The van der Waals surface area contributed by atoms with Crippen LogP contribution in [0, 0.1) is 0 Å². The normalized spacial score (nSPS) is 10.1. The van der Waals surface area contributed by atoms with E-state index in [0.717, 1.165) is 11.3 Å². The smallest absolute Gasteiger partial charge is 0.254 e. The van der Waals surface area contributed by atoms with Crippen molar-refractivity contribution in [3.8, 4) is 5.88 Å². The van der Waals surface area contributed by atoms with Crippen molar-refractivity contribution in [1.29, 1.82) is 0 Å². The number of hydrogen-bond donors (Lipinski definition) is 1. The molecule has 0 fully saturated rings. The lowest BCUT2D eigenvalue weighted by Gasteiger charge is -2.10. The topological polar surface area (TPSA) is 68.5 Å². The lowest BCUT2D eigenvalue weighted by atomic mass is 10.2. The molecule has 0 bridgehead atoms. The molecule has 5 heteroatoms. The average molecular weight is 271 g/mol. The second kappa shape index (κ2) is 6.06. The Morgan fingerprint density at radius 3 is 2.45 bits per heavy atom. The summed E-state index contributed by atoms with van der Waals surface area (Å²) in [5.41, 5.74) is 7.88. The number of hydrogen-bond acceptors (Lipinski definition) is 4. The number of aromatic nitrogens is 1. The monoisotopic (exact) mass is 271 g/mol. The summed E-state index contributed by atoms with van der Waals surface area (Å²) in [5, 5.41) is 0. The number of pyridine rings is 1. The molecule has 0 saturated carbocycles. The number of nitrogens with zero attached hydrogens (tertiary/aromatic N) is 2. The van der Waals surface area contributed by atoms with Gasteiger partial charge in [-0.1, -0.05) is 12.1 Å². The van der Waals surface area contributed by atoms with Crippen LogP contribution in [0.25, 0.3) is 0 Å². The minimum absolute atomic E-state index is 0.0809. The van der Waals surface area contributed by atoms with E-state index in [1.54, 1.807) is 26.2 Å². The molecule has 0 aliphatic carbocycles. The van der Waals surface area contributed by atoms with E-state index in [0.29, 0.717) is 18.1 Å². The number of nitrogens with two attached hydrogens (primary N) is 1. The zero-order valence-corrected chi connectivity index (χ0v) is 11.5. The highest BCUT2D eigenvalue weighted by Gasteiger charge is 2.08. The van der Waals surface area contributed by atoms with E-state index in [4.69, 9.17) is 10.5 Å². The Morgan fingerprint density at radius 1 is 1.20 bits per heavy atom. The van der Waals surface area contributed by atoms with Crippen LogP contribution in [-0.4, -0.2) is 29.9 Å². The average Bonchev–Trinajstić information content (AvgIpc) is 2.46. The highest BCUT2D eigenvalue weighted by Crippen LogP contribution is 2.12. The highest BCUT2D eigenvalue weighted by atomic mass is 16.5. The first kappa shape index (κ1) is 13.9.